The number of anilines is 1. The largest absolute Gasteiger partial charge is 0.330 e. The van der Waals surface area contributed by atoms with Gasteiger partial charge in [-0.2, -0.15) is 0 Å². The van der Waals surface area contributed by atoms with Gasteiger partial charge in [0, 0.05) is 18.7 Å². The van der Waals surface area contributed by atoms with Crippen LogP contribution < -0.4 is 5.32 Å². The van der Waals surface area contributed by atoms with Crippen molar-refractivity contribution in [3.05, 3.63) is 24.0 Å². The van der Waals surface area contributed by atoms with E-state index in [9.17, 15) is 4.79 Å². The quantitative estimate of drug-likeness (QED) is 0.936. The first kappa shape index (κ1) is 17.0. The summed E-state index contributed by atoms with van der Waals surface area (Å²) < 4.78 is 2.17. The maximum atomic E-state index is 11.9. The number of hydrogen-bond donors (Lipinski definition) is 1. The molecule has 0 aliphatic carbocycles. The molecule has 24 heavy (non-hydrogen) atoms. The van der Waals surface area contributed by atoms with E-state index in [2.05, 4.69) is 28.8 Å². The fraction of sp³-hybridized carbons (Fsp3) is 0.579. The van der Waals surface area contributed by atoms with Gasteiger partial charge in [-0.1, -0.05) is 20.8 Å². The number of rotatable bonds is 4. The predicted octanol–water partition coefficient (Wildman–Crippen LogP) is 3.40. The summed E-state index contributed by atoms with van der Waals surface area (Å²) in [7, 11) is 2.07. The van der Waals surface area contributed by atoms with Gasteiger partial charge in [0.25, 0.3) is 0 Å². The maximum absolute atomic E-state index is 11.9. The molecular formula is C19H28N4O. The van der Waals surface area contributed by atoms with Crippen molar-refractivity contribution in [3.63, 3.8) is 0 Å². The molecule has 2 heterocycles. The first-order chi connectivity index (χ1) is 11.4. The summed E-state index contributed by atoms with van der Waals surface area (Å²) in [6, 6.07) is 5.97. The first-order valence-electron chi connectivity index (χ1n) is 8.92. The number of benzene rings is 1. The SMILES string of the molecule is CC1CCN(Cc2nc3cc(NC(=O)C(C)C)ccc3n2C)CC1. The second kappa shape index (κ2) is 6.93. The number of nitrogens with one attached hydrogen (secondary N) is 1. The van der Waals surface area contributed by atoms with E-state index < -0.39 is 0 Å². The average Bonchev–Trinajstić information content (AvgIpc) is 2.85. The molecule has 0 radical (unpaired) electrons. The summed E-state index contributed by atoms with van der Waals surface area (Å²) >= 11 is 0. The third-order valence-electron chi connectivity index (χ3n) is 5.01. The highest BCUT2D eigenvalue weighted by molar-refractivity contribution is 5.94. The number of amides is 1. The molecular weight excluding hydrogens is 300 g/mol. The monoisotopic (exact) mass is 328 g/mol. The summed E-state index contributed by atoms with van der Waals surface area (Å²) in [6.45, 7) is 9.32. The van der Waals surface area contributed by atoms with E-state index >= 15 is 0 Å². The molecule has 1 saturated heterocycles. The van der Waals surface area contributed by atoms with Crippen LogP contribution in [0.15, 0.2) is 18.2 Å². The van der Waals surface area contributed by atoms with Crippen LogP contribution in [-0.4, -0.2) is 33.4 Å². The molecule has 0 bridgehead atoms. The molecule has 1 fully saturated rings. The van der Waals surface area contributed by atoms with Crippen molar-refractivity contribution in [2.75, 3.05) is 18.4 Å². The predicted molar refractivity (Wildman–Crippen MR) is 97.9 cm³/mol. The Balaban J connectivity index is 1.78. The molecule has 0 spiro atoms. The standard InChI is InChI=1S/C19H28N4O/c1-13(2)19(24)20-15-5-6-17-16(11-15)21-18(22(17)4)12-23-9-7-14(3)8-10-23/h5-6,11,13-14H,7-10,12H2,1-4H3,(H,20,24). The Kier molecular flexibility index (Phi) is 4.90. The Labute approximate surface area is 144 Å². The van der Waals surface area contributed by atoms with Crippen molar-refractivity contribution in [3.8, 4) is 0 Å². The zero-order chi connectivity index (χ0) is 17.3. The fourth-order valence-corrected chi connectivity index (χ4v) is 3.18. The minimum absolute atomic E-state index is 0.0264. The Morgan fingerprint density at radius 3 is 2.71 bits per heavy atom. The molecule has 1 N–H and O–H groups in total. The molecule has 1 amide bonds. The van der Waals surface area contributed by atoms with E-state index in [1.807, 2.05) is 32.0 Å². The molecule has 1 aliphatic heterocycles. The summed E-state index contributed by atoms with van der Waals surface area (Å²) in [5.41, 5.74) is 2.87. The van der Waals surface area contributed by atoms with Crippen molar-refractivity contribution < 1.29 is 4.79 Å². The number of fused-ring (bicyclic) bond motifs is 1. The smallest absolute Gasteiger partial charge is 0.226 e. The number of aryl methyl sites for hydroxylation is 1. The number of nitrogens with zero attached hydrogens (tertiary/aromatic N) is 3. The van der Waals surface area contributed by atoms with Gasteiger partial charge in [0.1, 0.15) is 5.82 Å². The molecule has 5 heteroatoms. The van der Waals surface area contributed by atoms with Crippen LogP contribution in [0.4, 0.5) is 5.69 Å². The van der Waals surface area contributed by atoms with E-state index in [0.29, 0.717) is 0 Å². The van der Waals surface area contributed by atoms with Crippen molar-refractivity contribution in [1.29, 1.82) is 0 Å². The fourth-order valence-electron chi connectivity index (χ4n) is 3.18. The molecule has 2 aromatic rings. The zero-order valence-electron chi connectivity index (χ0n) is 15.2. The van der Waals surface area contributed by atoms with Gasteiger partial charge in [0.2, 0.25) is 5.91 Å². The Morgan fingerprint density at radius 2 is 2.04 bits per heavy atom. The van der Waals surface area contributed by atoms with Gasteiger partial charge in [-0.3, -0.25) is 9.69 Å². The Morgan fingerprint density at radius 1 is 1.33 bits per heavy atom. The zero-order valence-corrected chi connectivity index (χ0v) is 15.2. The topological polar surface area (TPSA) is 50.2 Å². The van der Waals surface area contributed by atoms with Gasteiger partial charge < -0.3 is 9.88 Å². The normalized spacial score (nSPS) is 16.9. The molecule has 3 rings (SSSR count). The number of hydrogen-bond acceptors (Lipinski definition) is 3. The number of piperidine rings is 1. The summed E-state index contributed by atoms with van der Waals surface area (Å²) in [6.07, 6.45) is 2.55. The van der Waals surface area contributed by atoms with Crippen molar-refractivity contribution in [1.82, 2.24) is 14.5 Å². The van der Waals surface area contributed by atoms with Crippen LogP contribution >= 0.6 is 0 Å². The Hall–Kier alpha value is -1.88. The number of likely N-dealkylation sites (tertiary alicyclic amines) is 1. The molecule has 0 unspecified atom stereocenters. The lowest BCUT2D eigenvalue weighted by atomic mass is 9.99. The highest BCUT2D eigenvalue weighted by Gasteiger charge is 2.18. The van der Waals surface area contributed by atoms with E-state index in [-0.39, 0.29) is 11.8 Å². The van der Waals surface area contributed by atoms with Gasteiger partial charge in [-0.15, -0.1) is 0 Å². The average molecular weight is 328 g/mol. The van der Waals surface area contributed by atoms with Gasteiger partial charge in [0.15, 0.2) is 0 Å². The second-order valence-electron chi connectivity index (χ2n) is 7.39. The number of imidazole rings is 1. The van der Waals surface area contributed by atoms with Crippen LogP contribution in [0.3, 0.4) is 0 Å². The third kappa shape index (κ3) is 3.61. The van der Waals surface area contributed by atoms with Gasteiger partial charge in [-0.25, -0.2) is 4.98 Å². The molecule has 1 aromatic heterocycles. The number of carbonyl (C=O) groups excluding carboxylic acids is 1. The van der Waals surface area contributed by atoms with Crippen molar-refractivity contribution in [2.24, 2.45) is 18.9 Å². The number of carbonyl (C=O) groups is 1. The molecule has 1 aliphatic rings. The van der Waals surface area contributed by atoms with Crippen LogP contribution in [0.25, 0.3) is 11.0 Å². The Bertz CT molecular complexity index is 726. The van der Waals surface area contributed by atoms with Gasteiger partial charge in [0.05, 0.1) is 17.6 Å². The lowest BCUT2D eigenvalue weighted by Gasteiger charge is -2.29. The van der Waals surface area contributed by atoms with Crippen molar-refractivity contribution >= 4 is 22.6 Å². The summed E-state index contributed by atoms with van der Waals surface area (Å²) in [5.74, 6) is 1.94. The van der Waals surface area contributed by atoms with E-state index in [4.69, 9.17) is 4.98 Å². The number of aromatic nitrogens is 2. The second-order valence-corrected chi connectivity index (χ2v) is 7.39. The van der Waals surface area contributed by atoms with Crippen LogP contribution in [0.1, 0.15) is 39.4 Å². The molecule has 0 atom stereocenters. The van der Waals surface area contributed by atoms with E-state index in [0.717, 1.165) is 48.1 Å². The van der Waals surface area contributed by atoms with Crippen LogP contribution in [-0.2, 0) is 18.4 Å². The van der Waals surface area contributed by atoms with Crippen LogP contribution in [0, 0.1) is 11.8 Å². The molecule has 5 nitrogen and oxygen atoms in total. The van der Waals surface area contributed by atoms with Gasteiger partial charge in [-0.05, 0) is 50.0 Å². The maximum Gasteiger partial charge on any atom is 0.226 e. The summed E-state index contributed by atoms with van der Waals surface area (Å²) in [4.78, 5) is 19.2. The minimum atomic E-state index is -0.0264. The molecule has 1 aromatic carbocycles. The first-order valence-corrected chi connectivity index (χ1v) is 8.92. The van der Waals surface area contributed by atoms with Gasteiger partial charge >= 0.3 is 0 Å². The van der Waals surface area contributed by atoms with Crippen molar-refractivity contribution in [2.45, 2.75) is 40.2 Å². The van der Waals surface area contributed by atoms with Crippen LogP contribution in [0.5, 0.6) is 0 Å². The van der Waals surface area contributed by atoms with E-state index in [1.54, 1.807) is 0 Å². The summed E-state index contributed by atoms with van der Waals surface area (Å²) in [5, 5.41) is 2.95. The van der Waals surface area contributed by atoms with Crippen LogP contribution in [0.2, 0.25) is 0 Å². The lowest BCUT2D eigenvalue weighted by Crippen LogP contribution is -2.33. The minimum Gasteiger partial charge on any atom is -0.330 e. The highest BCUT2D eigenvalue weighted by atomic mass is 16.1. The third-order valence-corrected chi connectivity index (χ3v) is 5.01. The van der Waals surface area contributed by atoms with E-state index in [1.165, 1.54) is 12.8 Å². The molecule has 130 valence electrons. The highest BCUT2D eigenvalue weighted by Crippen LogP contribution is 2.22. The molecule has 0 saturated carbocycles. The lowest BCUT2D eigenvalue weighted by molar-refractivity contribution is -0.118.